The van der Waals surface area contributed by atoms with Crippen molar-refractivity contribution in [3.05, 3.63) is 48.3 Å². The molecule has 0 amide bonds. The maximum atomic E-state index is 14.2. The highest BCUT2D eigenvalue weighted by Crippen LogP contribution is 2.27. The molecule has 124 valence electrons. The first kappa shape index (κ1) is 17.3. The Morgan fingerprint density at radius 2 is 1.70 bits per heavy atom. The zero-order chi connectivity index (χ0) is 16.7. The molecular formula is C20H25FO2. The van der Waals surface area contributed by atoms with E-state index in [0.29, 0.717) is 5.75 Å². The van der Waals surface area contributed by atoms with Gasteiger partial charge >= 0.3 is 0 Å². The lowest BCUT2D eigenvalue weighted by Gasteiger charge is -2.15. The third kappa shape index (κ3) is 5.27. The number of rotatable bonds is 8. The van der Waals surface area contributed by atoms with Gasteiger partial charge in [-0.15, -0.1) is 0 Å². The number of benzene rings is 2. The summed E-state index contributed by atoms with van der Waals surface area (Å²) in [6, 6.07) is 11.7. The number of phenolic OH excluding ortho intramolecular Hbond substituents is 1. The standard InChI is InChI=1S/C20H25FO2/c1-3-4-5-6-7-15(2)23-20-13-10-17(14-19(20)21)16-8-11-18(22)12-9-16/h8-15,22H,3-7H2,1-2H3. The highest BCUT2D eigenvalue weighted by Gasteiger charge is 2.10. The molecule has 0 aliphatic heterocycles. The first-order valence-electron chi connectivity index (χ1n) is 8.35. The average Bonchev–Trinajstić information content (AvgIpc) is 2.54. The molecule has 1 atom stereocenters. The molecule has 23 heavy (non-hydrogen) atoms. The van der Waals surface area contributed by atoms with Crippen molar-refractivity contribution in [1.82, 2.24) is 0 Å². The molecule has 0 fully saturated rings. The largest absolute Gasteiger partial charge is 0.508 e. The Bertz CT molecular complexity index is 608. The first-order valence-corrected chi connectivity index (χ1v) is 8.35. The van der Waals surface area contributed by atoms with E-state index in [-0.39, 0.29) is 17.7 Å². The van der Waals surface area contributed by atoms with E-state index in [0.717, 1.165) is 24.0 Å². The molecule has 1 unspecified atom stereocenters. The van der Waals surface area contributed by atoms with Crippen molar-refractivity contribution in [2.45, 2.75) is 52.1 Å². The maximum Gasteiger partial charge on any atom is 0.165 e. The molecule has 0 aromatic heterocycles. The van der Waals surface area contributed by atoms with Crippen molar-refractivity contribution in [2.24, 2.45) is 0 Å². The smallest absolute Gasteiger partial charge is 0.165 e. The van der Waals surface area contributed by atoms with Gasteiger partial charge < -0.3 is 9.84 Å². The highest BCUT2D eigenvalue weighted by molar-refractivity contribution is 5.65. The second-order valence-electron chi connectivity index (χ2n) is 5.97. The van der Waals surface area contributed by atoms with E-state index >= 15 is 0 Å². The van der Waals surface area contributed by atoms with E-state index in [1.165, 1.54) is 25.3 Å². The molecule has 0 bridgehead atoms. The Hall–Kier alpha value is -2.03. The molecule has 0 saturated carbocycles. The molecule has 0 aliphatic carbocycles. The average molecular weight is 316 g/mol. The topological polar surface area (TPSA) is 29.5 Å². The predicted octanol–water partition coefficient (Wildman–Crippen LogP) is 5.94. The molecular weight excluding hydrogens is 291 g/mol. The van der Waals surface area contributed by atoms with Gasteiger partial charge in [0.1, 0.15) is 5.75 Å². The van der Waals surface area contributed by atoms with Crippen LogP contribution in [0, 0.1) is 5.82 Å². The summed E-state index contributed by atoms with van der Waals surface area (Å²) < 4.78 is 20.0. The molecule has 3 heteroatoms. The van der Waals surface area contributed by atoms with Crippen LogP contribution in [0.4, 0.5) is 4.39 Å². The van der Waals surface area contributed by atoms with Crippen molar-refractivity contribution < 1.29 is 14.2 Å². The zero-order valence-corrected chi connectivity index (χ0v) is 13.9. The maximum absolute atomic E-state index is 14.2. The van der Waals surface area contributed by atoms with Crippen LogP contribution in [-0.4, -0.2) is 11.2 Å². The lowest BCUT2D eigenvalue weighted by atomic mass is 10.1. The normalized spacial score (nSPS) is 12.1. The number of phenols is 1. The Labute approximate surface area is 137 Å². The summed E-state index contributed by atoms with van der Waals surface area (Å²) in [4.78, 5) is 0. The number of hydrogen-bond acceptors (Lipinski definition) is 2. The molecule has 0 spiro atoms. The molecule has 2 rings (SSSR count). The van der Waals surface area contributed by atoms with Gasteiger partial charge in [-0.1, -0.05) is 44.4 Å². The number of aromatic hydroxyl groups is 1. The van der Waals surface area contributed by atoms with Crippen LogP contribution in [0.2, 0.25) is 0 Å². The molecule has 1 N–H and O–H groups in total. The predicted molar refractivity (Wildman–Crippen MR) is 92.3 cm³/mol. The van der Waals surface area contributed by atoms with Crippen molar-refractivity contribution >= 4 is 0 Å². The van der Waals surface area contributed by atoms with Gasteiger partial charge in [0.15, 0.2) is 11.6 Å². The Morgan fingerprint density at radius 3 is 2.35 bits per heavy atom. The second-order valence-corrected chi connectivity index (χ2v) is 5.97. The number of unbranched alkanes of at least 4 members (excludes halogenated alkanes) is 3. The summed E-state index contributed by atoms with van der Waals surface area (Å²) in [5, 5.41) is 9.31. The van der Waals surface area contributed by atoms with Gasteiger partial charge in [0.25, 0.3) is 0 Å². The Balaban J connectivity index is 1.97. The quantitative estimate of drug-likeness (QED) is 0.611. The van der Waals surface area contributed by atoms with E-state index < -0.39 is 0 Å². The van der Waals surface area contributed by atoms with Crippen LogP contribution in [0.25, 0.3) is 11.1 Å². The number of hydrogen-bond donors (Lipinski definition) is 1. The first-order chi connectivity index (χ1) is 11.1. The van der Waals surface area contributed by atoms with Crippen molar-refractivity contribution in [2.75, 3.05) is 0 Å². The van der Waals surface area contributed by atoms with Gasteiger partial charge in [0, 0.05) is 0 Å². The fraction of sp³-hybridized carbons (Fsp3) is 0.400. The van der Waals surface area contributed by atoms with Crippen molar-refractivity contribution in [3.8, 4) is 22.6 Å². The van der Waals surface area contributed by atoms with E-state index in [4.69, 9.17) is 4.74 Å². The molecule has 0 aliphatic rings. The van der Waals surface area contributed by atoms with Crippen LogP contribution >= 0.6 is 0 Å². The molecule has 0 radical (unpaired) electrons. The monoisotopic (exact) mass is 316 g/mol. The van der Waals surface area contributed by atoms with Crippen LogP contribution in [0.1, 0.15) is 46.0 Å². The molecule has 0 heterocycles. The van der Waals surface area contributed by atoms with Gasteiger partial charge in [0.05, 0.1) is 6.10 Å². The van der Waals surface area contributed by atoms with Gasteiger partial charge in [-0.25, -0.2) is 4.39 Å². The lowest BCUT2D eigenvalue weighted by Crippen LogP contribution is -2.12. The van der Waals surface area contributed by atoms with Crippen LogP contribution in [0.15, 0.2) is 42.5 Å². The van der Waals surface area contributed by atoms with Crippen LogP contribution in [0.3, 0.4) is 0 Å². The zero-order valence-electron chi connectivity index (χ0n) is 13.9. The summed E-state index contributed by atoms with van der Waals surface area (Å²) in [6.45, 7) is 4.17. The van der Waals surface area contributed by atoms with Crippen molar-refractivity contribution in [3.63, 3.8) is 0 Å². The number of halogens is 1. The summed E-state index contributed by atoms with van der Waals surface area (Å²) in [5.41, 5.74) is 1.63. The van der Waals surface area contributed by atoms with Gasteiger partial charge in [-0.3, -0.25) is 0 Å². The Kier molecular flexibility index (Phi) is 6.45. The van der Waals surface area contributed by atoms with Gasteiger partial charge in [0.2, 0.25) is 0 Å². The fourth-order valence-corrected chi connectivity index (χ4v) is 2.56. The highest BCUT2D eigenvalue weighted by atomic mass is 19.1. The summed E-state index contributed by atoms with van der Waals surface area (Å²) in [7, 11) is 0. The van der Waals surface area contributed by atoms with Crippen molar-refractivity contribution in [1.29, 1.82) is 0 Å². The van der Waals surface area contributed by atoms with Crippen LogP contribution in [0.5, 0.6) is 11.5 Å². The van der Waals surface area contributed by atoms with E-state index in [1.54, 1.807) is 30.3 Å². The molecule has 2 aromatic carbocycles. The minimum atomic E-state index is -0.351. The minimum Gasteiger partial charge on any atom is -0.508 e. The van der Waals surface area contributed by atoms with Gasteiger partial charge in [-0.2, -0.15) is 0 Å². The summed E-state index contributed by atoms with van der Waals surface area (Å²) in [5.74, 6) is 0.151. The summed E-state index contributed by atoms with van der Waals surface area (Å²) in [6.07, 6.45) is 5.72. The third-order valence-corrected chi connectivity index (χ3v) is 3.92. The second kappa shape index (κ2) is 8.56. The molecule has 0 saturated heterocycles. The van der Waals surface area contributed by atoms with E-state index in [9.17, 15) is 9.50 Å². The van der Waals surface area contributed by atoms with Crippen LogP contribution < -0.4 is 4.74 Å². The van der Waals surface area contributed by atoms with Crippen LogP contribution in [-0.2, 0) is 0 Å². The van der Waals surface area contributed by atoms with Gasteiger partial charge in [-0.05, 0) is 55.2 Å². The fourth-order valence-electron chi connectivity index (χ4n) is 2.56. The third-order valence-electron chi connectivity index (χ3n) is 3.92. The van der Waals surface area contributed by atoms with E-state index in [2.05, 4.69) is 6.92 Å². The molecule has 2 aromatic rings. The number of ether oxygens (including phenoxy) is 1. The molecule has 2 nitrogen and oxygen atoms in total. The summed E-state index contributed by atoms with van der Waals surface area (Å²) >= 11 is 0. The Morgan fingerprint density at radius 1 is 1.00 bits per heavy atom. The SMILES string of the molecule is CCCCCCC(C)Oc1ccc(-c2ccc(O)cc2)cc1F. The lowest BCUT2D eigenvalue weighted by molar-refractivity contribution is 0.197. The van der Waals surface area contributed by atoms with E-state index in [1.807, 2.05) is 13.0 Å². The minimum absolute atomic E-state index is 0.0147.